The van der Waals surface area contributed by atoms with Crippen molar-refractivity contribution in [1.82, 2.24) is 25.1 Å². The molecule has 1 aliphatic rings. The van der Waals surface area contributed by atoms with Crippen molar-refractivity contribution in [2.75, 3.05) is 20.2 Å². The largest absolute Gasteiger partial charge is 0.497 e. The molecule has 2 aromatic rings. The van der Waals surface area contributed by atoms with Crippen LogP contribution in [-0.2, 0) is 0 Å². The number of ether oxygens (including phenoxy) is 1. The summed E-state index contributed by atoms with van der Waals surface area (Å²) >= 11 is 0. The topological polar surface area (TPSA) is 56.1 Å². The van der Waals surface area contributed by atoms with Gasteiger partial charge in [-0.2, -0.15) is 4.68 Å². The van der Waals surface area contributed by atoms with Crippen LogP contribution in [0.25, 0.3) is 11.8 Å². The molecule has 1 saturated heterocycles. The van der Waals surface area contributed by atoms with Gasteiger partial charge in [0.05, 0.1) is 12.8 Å². The summed E-state index contributed by atoms with van der Waals surface area (Å²) < 4.78 is 6.88. The number of piperidine rings is 1. The van der Waals surface area contributed by atoms with Gasteiger partial charge in [0.2, 0.25) is 0 Å². The van der Waals surface area contributed by atoms with E-state index in [1.165, 1.54) is 19.3 Å². The number of rotatable bonds is 4. The number of tetrazole rings is 1. The normalized spacial score (nSPS) is 15.6. The fraction of sp³-hybridized carbons (Fsp3) is 0.400. The maximum atomic E-state index is 5.16. The minimum Gasteiger partial charge on any atom is -0.497 e. The predicted octanol–water partition coefficient (Wildman–Crippen LogP) is 2.13. The van der Waals surface area contributed by atoms with Crippen LogP contribution in [0.1, 0.15) is 25.1 Å². The highest BCUT2D eigenvalue weighted by molar-refractivity contribution is 5.45. The Labute approximate surface area is 124 Å². The average molecular weight is 285 g/mol. The van der Waals surface area contributed by atoms with Crippen molar-refractivity contribution in [2.45, 2.75) is 19.3 Å². The SMILES string of the molecule is COc1ccc(-n2nnnc2/C=C/N2CCCCC2)cc1. The Hall–Kier alpha value is -2.37. The molecule has 3 rings (SSSR count). The molecule has 0 radical (unpaired) electrons. The van der Waals surface area contributed by atoms with Crippen LogP contribution in [-0.4, -0.2) is 45.3 Å². The smallest absolute Gasteiger partial charge is 0.181 e. The van der Waals surface area contributed by atoms with Gasteiger partial charge in [-0.1, -0.05) is 0 Å². The van der Waals surface area contributed by atoms with Crippen LogP contribution in [0.5, 0.6) is 5.75 Å². The van der Waals surface area contributed by atoms with Crippen LogP contribution >= 0.6 is 0 Å². The molecule has 0 spiro atoms. The van der Waals surface area contributed by atoms with E-state index in [2.05, 4.69) is 26.6 Å². The van der Waals surface area contributed by atoms with Crippen molar-refractivity contribution in [3.05, 3.63) is 36.3 Å². The van der Waals surface area contributed by atoms with Gasteiger partial charge in [-0.3, -0.25) is 0 Å². The summed E-state index contributed by atoms with van der Waals surface area (Å²) in [5, 5.41) is 11.9. The summed E-state index contributed by atoms with van der Waals surface area (Å²) in [7, 11) is 1.65. The Morgan fingerprint density at radius 1 is 1.10 bits per heavy atom. The summed E-state index contributed by atoms with van der Waals surface area (Å²) in [4.78, 5) is 2.32. The lowest BCUT2D eigenvalue weighted by atomic mass is 10.1. The highest BCUT2D eigenvalue weighted by atomic mass is 16.5. The molecule has 1 aromatic heterocycles. The Balaban J connectivity index is 1.77. The summed E-state index contributed by atoms with van der Waals surface area (Å²) in [6.45, 7) is 2.22. The van der Waals surface area contributed by atoms with E-state index in [4.69, 9.17) is 4.74 Å². The Morgan fingerprint density at radius 2 is 1.86 bits per heavy atom. The fourth-order valence-electron chi connectivity index (χ4n) is 2.44. The van der Waals surface area contributed by atoms with E-state index < -0.39 is 0 Å². The van der Waals surface area contributed by atoms with Gasteiger partial charge in [0.25, 0.3) is 0 Å². The van der Waals surface area contributed by atoms with Crippen molar-refractivity contribution < 1.29 is 4.74 Å². The molecule has 0 unspecified atom stereocenters. The summed E-state index contributed by atoms with van der Waals surface area (Å²) in [6, 6.07) is 7.67. The first kappa shape index (κ1) is 13.6. The van der Waals surface area contributed by atoms with Gasteiger partial charge in [-0.15, -0.1) is 5.10 Å². The van der Waals surface area contributed by atoms with E-state index in [1.54, 1.807) is 11.8 Å². The molecule has 6 nitrogen and oxygen atoms in total. The second-order valence-electron chi connectivity index (χ2n) is 5.06. The molecular formula is C15H19N5O. The molecule has 0 aliphatic carbocycles. The van der Waals surface area contributed by atoms with Crippen LogP contribution < -0.4 is 4.74 Å². The number of hydrogen-bond donors (Lipinski definition) is 0. The van der Waals surface area contributed by atoms with Crippen molar-refractivity contribution in [3.8, 4) is 11.4 Å². The summed E-state index contributed by atoms with van der Waals surface area (Å²) in [5.41, 5.74) is 0.916. The predicted molar refractivity (Wildman–Crippen MR) is 80.2 cm³/mol. The highest BCUT2D eigenvalue weighted by Crippen LogP contribution is 2.16. The number of likely N-dealkylation sites (tertiary alicyclic amines) is 1. The van der Waals surface area contributed by atoms with Crippen LogP contribution in [0.15, 0.2) is 30.5 Å². The molecule has 1 aliphatic heterocycles. The van der Waals surface area contributed by atoms with Gasteiger partial charge < -0.3 is 9.64 Å². The zero-order valence-corrected chi connectivity index (χ0v) is 12.1. The van der Waals surface area contributed by atoms with E-state index >= 15 is 0 Å². The molecule has 110 valence electrons. The zero-order valence-electron chi connectivity index (χ0n) is 12.1. The lowest BCUT2D eigenvalue weighted by Crippen LogP contribution is -2.24. The standard InChI is InChI=1S/C15H19N5O/c1-21-14-7-5-13(6-8-14)20-15(16-17-18-20)9-12-19-10-3-2-4-11-19/h5-9,12H,2-4,10-11H2,1H3/b12-9+. The first-order chi connectivity index (χ1) is 10.4. The molecule has 21 heavy (non-hydrogen) atoms. The number of methoxy groups -OCH3 is 1. The zero-order chi connectivity index (χ0) is 14.5. The first-order valence-electron chi connectivity index (χ1n) is 7.22. The molecule has 0 amide bonds. The molecule has 0 N–H and O–H groups in total. The van der Waals surface area contributed by atoms with E-state index in [-0.39, 0.29) is 0 Å². The van der Waals surface area contributed by atoms with E-state index in [0.29, 0.717) is 0 Å². The molecule has 2 heterocycles. The van der Waals surface area contributed by atoms with E-state index in [9.17, 15) is 0 Å². The van der Waals surface area contributed by atoms with Crippen molar-refractivity contribution in [2.24, 2.45) is 0 Å². The summed E-state index contributed by atoms with van der Waals surface area (Å²) in [5.74, 6) is 1.54. The number of aromatic nitrogens is 4. The van der Waals surface area contributed by atoms with Gasteiger partial charge in [-0.25, -0.2) is 0 Å². The third-order valence-corrected chi connectivity index (χ3v) is 3.64. The second kappa shape index (κ2) is 6.39. The molecule has 6 heteroatoms. The monoisotopic (exact) mass is 285 g/mol. The lowest BCUT2D eigenvalue weighted by Gasteiger charge is -2.24. The number of benzene rings is 1. The Bertz CT molecular complexity index is 599. The quantitative estimate of drug-likeness (QED) is 0.861. The van der Waals surface area contributed by atoms with Gasteiger partial charge in [-0.05, 0) is 54.0 Å². The Morgan fingerprint density at radius 3 is 2.57 bits per heavy atom. The third-order valence-electron chi connectivity index (χ3n) is 3.64. The fourth-order valence-corrected chi connectivity index (χ4v) is 2.44. The maximum absolute atomic E-state index is 5.16. The van der Waals surface area contributed by atoms with Gasteiger partial charge >= 0.3 is 0 Å². The molecule has 0 atom stereocenters. The second-order valence-corrected chi connectivity index (χ2v) is 5.06. The van der Waals surface area contributed by atoms with Crippen molar-refractivity contribution in [1.29, 1.82) is 0 Å². The molecule has 1 aromatic carbocycles. The maximum Gasteiger partial charge on any atom is 0.181 e. The molecule has 0 bridgehead atoms. The molecule has 0 saturated carbocycles. The van der Waals surface area contributed by atoms with Gasteiger partial charge in [0.1, 0.15) is 5.75 Å². The van der Waals surface area contributed by atoms with Crippen LogP contribution in [0.2, 0.25) is 0 Å². The van der Waals surface area contributed by atoms with Crippen LogP contribution in [0, 0.1) is 0 Å². The van der Waals surface area contributed by atoms with Crippen molar-refractivity contribution >= 4 is 6.08 Å². The average Bonchev–Trinajstić information content (AvgIpc) is 3.02. The van der Waals surface area contributed by atoms with Crippen LogP contribution in [0.4, 0.5) is 0 Å². The minimum absolute atomic E-state index is 0.728. The molecular weight excluding hydrogens is 266 g/mol. The van der Waals surface area contributed by atoms with Crippen molar-refractivity contribution in [3.63, 3.8) is 0 Å². The first-order valence-corrected chi connectivity index (χ1v) is 7.22. The van der Waals surface area contributed by atoms with Gasteiger partial charge in [0, 0.05) is 25.4 Å². The highest BCUT2D eigenvalue weighted by Gasteiger charge is 2.08. The van der Waals surface area contributed by atoms with E-state index in [0.717, 1.165) is 30.4 Å². The van der Waals surface area contributed by atoms with Gasteiger partial charge in [0.15, 0.2) is 5.82 Å². The van der Waals surface area contributed by atoms with Crippen LogP contribution in [0.3, 0.4) is 0 Å². The number of nitrogens with zero attached hydrogens (tertiary/aromatic N) is 5. The lowest BCUT2D eigenvalue weighted by molar-refractivity contribution is 0.311. The molecule has 1 fully saturated rings. The Kier molecular flexibility index (Phi) is 4.14. The van der Waals surface area contributed by atoms with E-state index in [1.807, 2.05) is 30.3 Å². The third kappa shape index (κ3) is 3.21. The number of hydrogen-bond acceptors (Lipinski definition) is 5. The summed E-state index contributed by atoms with van der Waals surface area (Å²) in [6.07, 6.45) is 7.90. The minimum atomic E-state index is 0.728.